The predicted octanol–water partition coefficient (Wildman–Crippen LogP) is 2.94. The van der Waals surface area contributed by atoms with E-state index in [0.29, 0.717) is 27.7 Å². The molecule has 8 heteroatoms. The molecule has 7 nitrogen and oxygen atoms in total. The molecule has 29 heavy (non-hydrogen) atoms. The molecule has 1 fully saturated rings. The van der Waals surface area contributed by atoms with Gasteiger partial charge < -0.3 is 15.0 Å². The first-order valence-electron chi connectivity index (χ1n) is 9.44. The van der Waals surface area contributed by atoms with Gasteiger partial charge in [-0.3, -0.25) is 19.3 Å². The Morgan fingerprint density at radius 1 is 1.10 bits per heavy atom. The van der Waals surface area contributed by atoms with Gasteiger partial charge in [0.25, 0.3) is 11.8 Å². The van der Waals surface area contributed by atoms with Gasteiger partial charge in [0.05, 0.1) is 16.4 Å². The van der Waals surface area contributed by atoms with Crippen LogP contribution in [0.15, 0.2) is 42.5 Å². The van der Waals surface area contributed by atoms with E-state index in [2.05, 4.69) is 5.32 Å². The second-order valence-electron chi connectivity index (χ2n) is 6.98. The Morgan fingerprint density at radius 3 is 2.62 bits per heavy atom. The van der Waals surface area contributed by atoms with Crippen molar-refractivity contribution in [1.82, 2.24) is 4.90 Å². The van der Waals surface area contributed by atoms with Crippen LogP contribution >= 0.6 is 11.6 Å². The first kappa shape index (κ1) is 19.3. The van der Waals surface area contributed by atoms with Crippen LogP contribution in [0.2, 0.25) is 5.02 Å². The lowest BCUT2D eigenvalue weighted by Gasteiger charge is -2.29. The molecule has 0 aromatic heterocycles. The van der Waals surface area contributed by atoms with Gasteiger partial charge in [-0.15, -0.1) is 0 Å². The third kappa shape index (κ3) is 4.05. The van der Waals surface area contributed by atoms with Crippen LogP contribution in [0.3, 0.4) is 0 Å². The summed E-state index contributed by atoms with van der Waals surface area (Å²) in [6.07, 6.45) is 1.99. The molecule has 0 saturated carbocycles. The maximum atomic E-state index is 12.7. The first-order valence-corrected chi connectivity index (χ1v) is 9.81. The second kappa shape index (κ2) is 8.13. The fraction of sp³-hybridized carbons (Fsp3) is 0.286. The highest BCUT2D eigenvalue weighted by molar-refractivity contribution is 6.33. The molecule has 2 aliphatic rings. The standard InChI is InChI=1S/C21H20ClN3O4/c22-15-5-1-2-6-16(15)23-19(26)12-25-17-11-14(21(28)24-9-3-4-10-24)7-8-18(17)29-13-20(25)27/h1-2,5-8,11H,3-4,9-10,12-13H2,(H,23,26). The van der Waals surface area contributed by atoms with Crippen LogP contribution in [0.5, 0.6) is 5.75 Å². The molecule has 2 heterocycles. The minimum absolute atomic E-state index is 0.0798. The third-order valence-corrected chi connectivity index (χ3v) is 5.32. The van der Waals surface area contributed by atoms with Gasteiger partial charge in [0.1, 0.15) is 12.3 Å². The lowest BCUT2D eigenvalue weighted by Crippen LogP contribution is -2.43. The number of likely N-dealkylation sites (tertiary alicyclic amines) is 1. The maximum absolute atomic E-state index is 12.7. The molecular formula is C21H20ClN3O4. The quantitative estimate of drug-likeness (QED) is 0.835. The largest absolute Gasteiger partial charge is 0.482 e. The average Bonchev–Trinajstić information content (AvgIpc) is 3.26. The number of halogens is 1. The molecule has 0 spiro atoms. The highest BCUT2D eigenvalue weighted by Gasteiger charge is 2.29. The van der Waals surface area contributed by atoms with Crippen LogP contribution in [0.25, 0.3) is 0 Å². The fourth-order valence-electron chi connectivity index (χ4n) is 3.51. The molecule has 150 valence electrons. The molecule has 0 aliphatic carbocycles. The summed E-state index contributed by atoms with van der Waals surface area (Å²) in [6, 6.07) is 11.9. The second-order valence-corrected chi connectivity index (χ2v) is 7.39. The Bertz CT molecular complexity index is 972. The van der Waals surface area contributed by atoms with Gasteiger partial charge in [-0.05, 0) is 43.2 Å². The Hall–Kier alpha value is -3.06. The lowest BCUT2D eigenvalue weighted by atomic mass is 10.1. The molecule has 0 unspecified atom stereocenters. The van der Waals surface area contributed by atoms with Crippen LogP contribution in [0.1, 0.15) is 23.2 Å². The minimum atomic E-state index is -0.393. The number of benzene rings is 2. The van der Waals surface area contributed by atoms with E-state index in [-0.39, 0.29) is 25.0 Å². The number of carbonyl (C=O) groups is 3. The van der Waals surface area contributed by atoms with Crippen molar-refractivity contribution >= 4 is 40.7 Å². The van der Waals surface area contributed by atoms with Gasteiger partial charge in [-0.2, -0.15) is 0 Å². The van der Waals surface area contributed by atoms with Gasteiger partial charge in [0, 0.05) is 18.7 Å². The van der Waals surface area contributed by atoms with E-state index in [0.717, 1.165) is 25.9 Å². The van der Waals surface area contributed by atoms with E-state index in [1.807, 2.05) is 0 Å². The Labute approximate surface area is 173 Å². The summed E-state index contributed by atoms with van der Waals surface area (Å²) in [5.41, 5.74) is 1.36. The zero-order valence-electron chi connectivity index (χ0n) is 15.7. The predicted molar refractivity (Wildman–Crippen MR) is 110 cm³/mol. The highest BCUT2D eigenvalue weighted by Crippen LogP contribution is 2.33. The Morgan fingerprint density at radius 2 is 1.86 bits per heavy atom. The van der Waals surface area contributed by atoms with Gasteiger partial charge >= 0.3 is 0 Å². The van der Waals surface area contributed by atoms with E-state index in [1.54, 1.807) is 47.4 Å². The van der Waals surface area contributed by atoms with Gasteiger partial charge in [-0.1, -0.05) is 23.7 Å². The van der Waals surface area contributed by atoms with Gasteiger partial charge in [-0.25, -0.2) is 0 Å². The molecule has 0 radical (unpaired) electrons. The van der Waals surface area contributed by atoms with Gasteiger partial charge in [0.2, 0.25) is 5.91 Å². The molecule has 3 amide bonds. The molecular weight excluding hydrogens is 394 g/mol. The number of hydrogen-bond acceptors (Lipinski definition) is 4. The van der Waals surface area contributed by atoms with Crippen molar-refractivity contribution in [3.05, 3.63) is 53.1 Å². The van der Waals surface area contributed by atoms with Crippen molar-refractivity contribution in [2.75, 3.05) is 36.5 Å². The zero-order chi connectivity index (χ0) is 20.4. The fourth-order valence-corrected chi connectivity index (χ4v) is 3.69. The van der Waals surface area contributed by atoms with Crippen LogP contribution < -0.4 is 15.0 Å². The van der Waals surface area contributed by atoms with Crippen LogP contribution in [-0.4, -0.2) is 48.9 Å². The van der Waals surface area contributed by atoms with Gasteiger partial charge in [0.15, 0.2) is 6.61 Å². The first-order chi connectivity index (χ1) is 14.0. The Kier molecular flexibility index (Phi) is 5.40. The number of nitrogens with zero attached hydrogens (tertiary/aromatic N) is 2. The van der Waals surface area contributed by atoms with Crippen molar-refractivity contribution in [2.45, 2.75) is 12.8 Å². The molecule has 4 rings (SSSR count). The van der Waals surface area contributed by atoms with E-state index in [1.165, 1.54) is 4.90 Å². The summed E-state index contributed by atoms with van der Waals surface area (Å²) < 4.78 is 5.48. The molecule has 0 atom stereocenters. The number of ether oxygens (including phenoxy) is 1. The van der Waals surface area contributed by atoms with Crippen molar-refractivity contribution in [3.8, 4) is 5.75 Å². The summed E-state index contributed by atoms with van der Waals surface area (Å²) >= 11 is 6.08. The molecule has 0 bridgehead atoms. The molecule has 2 aliphatic heterocycles. The number of anilines is 2. The normalized spacial score (nSPS) is 15.7. The Balaban J connectivity index is 1.56. The van der Waals surface area contributed by atoms with E-state index < -0.39 is 5.91 Å². The van der Waals surface area contributed by atoms with Crippen LogP contribution in [-0.2, 0) is 9.59 Å². The van der Waals surface area contributed by atoms with E-state index >= 15 is 0 Å². The summed E-state index contributed by atoms with van der Waals surface area (Å²) in [4.78, 5) is 40.8. The highest BCUT2D eigenvalue weighted by atomic mass is 35.5. The summed E-state index contributed by atoms with van der Waals surface area (Å²) in [6.45, 7) is 1.10. The zero-order valence-corrected chi connectivity index (χ0v) is 16.4. The minimum Gasteiger partial charge on any atom is -0.482 e. The molecule has 1 saturated heterocycles. The topological polar surface area (TPSA) is 79.0 Å². The lowest BCUT2D eigenvalue weighted by molar-refractivity contribution is -0.123. The summed E-state index contributed by atoms with van der Waals surface area (Å²) in [5, 5.41) is 3.12. The van der Waals surface area contributed by atoms with E-state index in [9.17, 15) is 14.4 Å². The number of rotatable bonds is 4. The number of fused-ring (bicyclic) bond motifs is 1. The number of nitrogens with one attached hydrogen (secondary N) is 1. The van der Waals surface area contributed by atoms with E-state index in [4.69, 9.17) is 16.3 Å². The van der Waals surface area contributed by atoms with Crippen LogP contribution in [0.4, 0.5) is 11.4 Å². The molecule has 1 N–H and O–H groups in total. The van der Waals surface area contributed by atoms with Crippen LogP contribution in [0, 0.1) is 0 Å². The third-order valence-electron chi connectivity index (χ3n) is 4.99. The van der Waals surface area contributed by atoms with Crippen molar-refractivity contribution < 1.29 is 19.1 Å². The van der Waals surface area contributed by atoms with Crippen molar-refractivity contribution in [3.63, 3.8) is 0 Å². The van der Waals surface area contributed by atoms with Crippen molar-refractivity contribution in [1.29, 1.82) is 0 Å². The summed E-state index contributed by atoms with van der Waals surface area (Å²) in [7, 11) is 0. The number of para-hydroxylation sites is 1. The molecule has 2 aromatic rings. The smallest absolute Gasteiger partial charge is 0.265 e. The average molecular weight is 414 g/mol. The SMILES string of the molecule is O=C(CN1C(=O)COc2ccc(C(=O)N3CCCC3)cc21)Nc1ccccc1Cl. The monoisotopic (exact) mass is 413 g/mol. The number of hydrogen-bond donors (Lipinski definition) is 1. The number of carbonyl (C=O) groups excluding carboxylic acids is 3. The summed E-state index contributed by atoms with van der Waals surface area (Å²) in [5.74, 6) is -0.356. The number of amides is 3. The maximum Gasteiger partial charge on any atom is 0.265 e. The molecule has 2 aromatic carbocycles. The van der Waals surface area contributed by atoms with Crippen molar-refractivity contribution in [2.24, 2.45) is 0 Å².